The topological polar surface area (TPSA) is 34.2 Å². The van der Waals surface area contributed by atoms with Crippen LogP contribution in [0, 0.1) is 5.92 Å². The molecule has 1 N–H and O–H groups in total. The molecule has 0 bridgehead atoms. The zero-order valence-corrected chi connectivity index (χ0v) is 13.2. The molecular weight excluding hydrogens is 248 g/mol. The lowest BCUT2D eigenvalue weighted by molar-refractivity contribution is 0.241. The zero-order chi connectivity index (χ0) is 14.5. The van der Waals surface area contributed by atoms with Crippen LogP contribution in [-0.4, -0.2) is 23.7 Å². The maximum atomic E-state index is 5.77. The van der Waals surface area contributed by atoms with Crippen LogP contribution in [0.4, 0.5) is 0 Å². The van der Waals surface area contributed by atoms with Crippen LogP contribution in [0.3, 0.4) is 0 Å². The molecule has 1 saturated carbocycles. The second-order valence-corrected chi connectivity index (χ2v) is 6.48. The fraction of sp³-hybridized carbons (Fsp3) is 0.706. The lowest BCUT2D eigenvalue weighted by atomic mass is 9.89. The predicted octanol–water partition coefficient (Wildman–Crippen LogP) is 3.75. The molecule has 1 aromatic rings. The molecule has 1 aliphatic carbocycles. The summed E-state index contributed by atoms with van der Waals surface area (Å²) in [5, 5.41) is 3.58. The van der Waals surface area contributed by atoms with Crippen molar-refractivity contribution in [2.24, 2.45) is 5.92 Å². The van der Waals surface area contributed by atoms with Crippen molar-refractivity contribution in [3.8, 4) is 5.75 Å². The normalized spacial score (nSPS) is 22.7. The van der Waals surface area contributed by atoms with E-state index in [2.05, 4.69) is 44.1 Å². The third-order valence-electron chi connectivity index (χ3n) is 3.98. The van der Waals surface area contributed by atoms with Crippen molar-refractivity contribution in [3.63, 3.8) is 0 Å². The largest absolute Gasteiger partial charge is 0.489 e. The van der Waals surface area contributed by atoms with Gasteiger partial charge in [0.2, 0.25) is 0 Å². The van der Waals surface area contributed by atoms with Gasteiger partial charge in [0.15, 0.2) is 0 Å². The molecule has 0 aliphatic heterocycles. The first-order valence-electron chi connectivity index (χ1n) is 7.91. The maximum Gasteiger partial charge on any atom is 0.138 e. The van der Waals surface area contributed by atoms with Gasteiger partial charge < -0.3 is 10.1 Å². The molecule has 1 aromatic heterocycles. The standard InChI is InChI=1S/C17H28N2O/c1-12(2)19-10-14-6-5-7-17(14)15-8-16(11-18-9-15)20-13(3)4/h8-9,11-14,17,19H,5-7,10H2,1-4H3. The summed E-state index contributed by atoms with van der Waals surface area (Å²) in [7, 11) is 0. The van der Waals surface area contributed by atoms with Crippen molar-refractivity contribution in [1.82, 2.24) is 10.3 Å². The van der Waals surface area contributed by atoms with E-state index in [-0.39, 0.29) is 6.10 Å². The number of hydrogen-bond donors (Lipinski definition) is 1. The number of pyridine rings is 1. The first-order chi connectivity index (χ1) is 9.56. The molecule has 1 heterocycles. The maximum absolute atomic E-state index is 5.77. The summed E-state index contributed by atoms with van der Waals surface area (Å²) < 4.78 is 5.77. The molecule has 0 amide bonds. The van der Waals surface area contributed by atoms with Crippen molar-refractivity contribution >= 4 is 0 Å². The van der Waals surface area contributed by atoms with E-state index < -0.39 is 0 Å². The molecule has 0 radical (unpaired) electrons. The Labute approximate surface area is 123 Å². The van der Waals surface area contributed by atoms with E-state index in [1.165, 1.54) is 24.8 Å². The highest BCUT2D eigenvalue weighted by Crippen LogP contribution is 2.39. The van der Waals surface area contributed by atoms with Crippen LogP contribution in [-0.2, 0) is 0 Å². The molecule has 0 saturated heterocycles. The second-order valence-electron chi connectivity index (χ2n) is 6.48. The summed E-state index contributed by atoms with van der Waals surface area (Å²) in [6.45, 7) is 9.64. The van der Waals surface area contributed by atoms with Crippen LogP contribution in [0.15, 0.2) is 18.5 Å². The van der Waals surface area contributed by atoms with E-state index in [0.717, 1.165) is 18.2 Å². The third-order valence-corrected chi connectivity index (χ3v) is 3.98. The van der Waals surface area contributed by atoms with E-state index >= 15 is 0 Å². The lowest BCUT2D eigenvalue weighted by Gasteiger charge is -2.22. The summed E-state index contributed by atoms with van der Waals surface area (Å²) in [4.78, 5) is 4.37. The van der Waals surface area contributed by atoms with E-state index in [1.54, 1.807) is 0 Å². The van der Waals surface area contributed by atoms with Crippen LogP contribution >= 0.6 is 0 Å². The van der Waals surface area contributed by atoms with Crippen LogP contribution in [0.5, 0.6) is 5.75 Å². The average molecular weight is 276 g/mol. The number of nitrogens with one attached hydrogen (secondary N) is 1. The minimum absolute atomic E-state index is 0.203. The van der Waals surface area contributed by atoms with Crippen LogP contribution in [0.2, 0.25) is 0 Å². The van der Waals surface area contributed by atoms with E-state index in [9.17, 15) is 0 Å². The summed E-state index contributed by atoms with van der Waals surface area (Å²) in [5.74, 6) is 2.26. The molecule has 0 aromatic carbocycles. The highest BCUT2D eigenvalue weighted by atomic mass is 16.5. The van der Waals surface area contributed by atoms with Gasteiger partial charge >= 0.3 is 0 Å². The fourth-order valence-corrected chi connectivity index (χ4v) is 3.08. The predicted molar refractivity (Wildman–Crippen MR) is 83.2 cm³/mol. The molecule has 0 spiro atoms. The van der Waals surface area contributed by atoms with Gasteiger partial charge in [0, 0.05) is 12.2 Å². The van der Waals surface area contributed by atoms with Crippen molar-refractivity contribution in [2.75, 3.05) is 6.54 Å². The van der Waals surface area contributed by atoms with Gasteiger partial charge in [-0.25, -0.2) is 0 Å². The molecular formula is C17H28N2O. The van der Waals surface area contributed by atoms with Gasteiger partial charge in [-0.15, -0.1) is 0 Å². The molecule has 2 atom stereocenters. The van der Waals surface area contributed by atoms with Crippen LogP contribution in [0.1, 0.15) is 58.4 Å². The van der Waals surface area contributed by atoms with E-state index in [4.69, 9.17) is 4.74 Å². The van der Waals surface area contributed by atoms with Gasteiger partial charge in [0.25, 0.3) is 0 Å². The molecule has 20 heavy (non-hydrogen) atoms. The Morgan fingerprint density at radius 3 is 2.75 bits per heavy atom. The number of ether oxygens (including phenoxy) is 1. The molecule has 1 aliphatic rings. The van der Waals surface area contributed by atoms with Gasteiger partial charge in [-0.05, 0) is 56.7 Å². The lowest BCUT2D eigenvalue weighted by Crippen LogP contribution is -2.30. The molecule has 1 fully saturated rings. The Hall–Kier alpha value is -1.09. The zero-order valence-electron chi connectivity index (χ0n) is 13.2. The minimum atomic E-state index is 0.203. The van der Waals surface area contributed by atoms with Gasteiger partial charge in [-0.1, -0.05) is 20.3 Å². The van der Waals surface area contributed by atoms with Crippen molar-refractivity contribution < 1.29 is 4.74 Å². The second kappa shape index (κ2) is 7.07. The Morgan fingerprint density at radius 1 is 1.25 bits per heavy atom. The van der Waals surface area contributed by atoms with Crippen molar-refractivity contribution in [3.05, 3.63) is 24.0 Å². The Kier molecular flexibility index (Phi) is 5.41. The Bertz CT molecular complexity index is 417. The molecule has 3 heteroatoms. The SMILES string of the molecule is CC(C)NCC1CCCC1c1cncc(OC(C)C)c1. The van der Waals surface area contributed by atoms with Gasteiger partial charge in [0.1, 0.15) is 5.75 Å². The Balaban J connectivity index is 2.05. The number of aromatic nitrogens is 1. The quantitative estimate of drug-likeness (QED) is 0.859. The van der Waals surface area contributed by atoms with Crippen molar-refractivity contribution in [2.45, 2.75) is 65.0 Å². The number of nitrogens with zero attached hydrogens (tertiary/aromatic N) is 1. The smallest absolute Gasteiger partial charge is 0.138 e. The third kappa shape index (κ3) is 4.20. The molecule has 3 nitrogen and oxygen atoms in total. The summed E-state index contributed by atoms with van der Waals surface area (Å²) in [5.41, 5.74) is 1.34. The summed E-state index contributed by atoms with van der Waals surface area (Å²) in [6.07, 6.45) is 7.96. The van der Waals surface area contributed by atoms with E-state index in [1.807, 2.05) is 12.4 Å². The first kappa shape index (κ1) is 15.3. The fourth-order valence-electron chi connectivity index (χ4n) is 3.08. The highest BCUT2D eigenvalue weighted by molar-refractivity contribution is 5.27. The van der Waals surface area contributed by atoms with Crippen molar-refractivity contribution in [1.29, 1.82) is 0 Å². The summed E-state index contributed by atoms with van der Waals surface area (Å²) >= 11 is 0. The highest BCUT2D eigenvalue weighted by Gasteiger charge is 2.28. The molecule has 112 valence electrons. The monoisotopic (exact) mass is 276 g/mol. The van der Waals surface area contributed by atoms with Crippen LogP contribution in [0.25, 0.3) is 0 Å². The molecule has 2 unspecified atom stereocenters. The molecule has 2 rings (SSSR count). The van der Waals surface area contributed by atoms with E-state index in [0.29, 0.717) is 12.0 Å². The Morgan fingerprint density at radius 2 is 2.05 bits per heavy atom. The number of rotatable bonds is 6. The van der Waals surface area contributed by atoms with Gasteiger partial charge in [-0.3, -0.25) is 4.98 Å². The van der Waals surface area contributed by atoms with Crippen LogP contribution < -0.4 is 10.1 Å². The van der Waals surface area contributed by atoms with Gasteiger partial charge in [-0.2, -0.15) is 0 Å². The average Bonchev–Trinajstić information content (AvgIpc) is 2.84. The first-order valence-corrected chi connectivity index (χ1v) is 7.91. The summed E-state index contributed by atoms with van der Waals surface area (Å²) in [6, 6.07) is 2.75. The number of hydrogen-bond acceptors (Lipinski definition) is 3. The minimum Gasteiger partial charge on any atom is -0.489 e. The van der Waals surface area contributed by atoms with Gasteiger partial charge in [0.05, 0.1) is 12.3 Å².